The minimum absolute atomic E-state index is 0.259. The molecule has 3 unspecified atom stereocenters. The summed E-state index contributed by atoms with van der Waals surface area (Å²) in [6, 6.07) is 56.5. The third-order valence-electron chi connectivity index (χ3n) is 13.6. The molecule has 6 aromatic carbocycles. The van der Waals surface area contributed by atoms with Gasteiger partial charge in [-0.05, 0) is 89.0 Å². The van der Waals surface area contributed by atoms with Gasteiger partial charge in [0, 0.05) is 17.8 Å². The molecule has 0 radical (unpaired) electrons. The van der Waals surface area contributed by atoms with Crippen molar-refractivity contribution in [2.45, 2.75) is 173 Å². The van der Waals surface area contributed by atoms with E-state index in [-0.39, 0.29) is 17.8 Å². The number of phosphoric ester groups is 1. The largest absolute Gasteiger partial charge is 0.647 e. The lowest BCUT2D eigenvalue weighted by molar-refractivity contribution is 0.298. The molecule has 0 N–H and O–H groups in total. The molecule has 5 heteroatoms. The molecule has 0 aromatic heterocycles. The monoisotopic (exact) mass is 933 g/mol. The molecule has 0 saturated carbocycles. The van der Waals surface area contributed by atoms with E-state index in [9.17, 15) is 0 Å². The Morgan fingerprint density at radius 3 is 0.765 bits per heavy atom. The maximum absolute atomic E-state index is 15.1. The van der Waals surface area contributed by atoms with Gasteiger partial charge in [-0.2, -0.15) is 4.57 Å². The van der Waals surface area contributed by atoms with Crippen LogP contribution >= 0.6 is 7.82 Å². The van der Waals surface area contributed by atoms with Crippen molar-refractivity contribution in [3.63, 3.8) is 0 Å². The van der Waals surface area contributed by atoms with Crippen molar-refractivity contribution in [2.24, 2.45) is 0 Å². The second kappa shape index (κ2) is 29.8. The van der Waals surface area contributed by atoms with E-state index in [1.807, 2.05) is 36.4 Å². The van der Waals surface area contributed by atoms with Crippen molar-refractivity contribution in [3.8, 4) is 17.2 Å². The SMILES string of the molecule is CCCCCCCCC(c1ccccc1)c1ccc(OP(=O)(Oc2ccc(C(CCCCCCCC)c3ccccc3)cc2)Oc2ccc(C(CCCCCCCC)c3ccccc3)cc2)cc1. The first kappa shape index (κ1) is 52.3. The van der Waals surface area contributed by atoms with Crippen LogP contribution in [-0.2, 0) is 4.57 Å². The Hall–Kier alpha value is -5.05. The molecule has 0 aliphatic heterocycles. The van der Waals surface area contributed by atoms with Gasteiger partial charge in [0.25, 0.3) is 0 Å². The molecule has 3 atom stereocenters. The van der Waals surface area contributed by atoms with Gasteiger partial charge in [-0.3, -0.25) is 0 Å². The van der Waals surface area contributed by atoms with Crippen LogP contribution < -0.4 is 13.6 Å². The summed E-state index contributed by atoms with van der Waals surface area (Å²) in [6.07, 6.45) is 25.9. The second-order valence-electron chi connectivity index (χ2n) is 19.0. The lowest BCUT2D eigenvalue weighted by atomic mass is 9.86. The van der Waals surface area contributed by atoms with E-state index in [1.54, 1.807) is 0 Å². The van der Waals surface area contributed by atoms with E-state index in [0.29, 0.717) is 17.2 Å². The van der Waals surface area contributed by atoms with E-state index >= 15 is 4.57 Å². The molecule has 0 bridgehead atoms. The fraction of sp³-hybridized carbons (Fsp3) is 0.429. The highest BCUT2D eigenvalue weighted by atomic mass is 31.2. The van der Waals surface area contributed by atoms with E-state index in [2.05, 4.69) is 148 Å². The number of unbranched alkanes of at least 4 members (excludes halogenated alkanes) is 15. The van der Waals surface area contributed by atoms with Crippen molar-refractivity contribution < 1.29 is 18.1 Å². The minimum Gasteiger partial charge on any atom is -0.386 e. The highest BCUT2D eigenvalue weighted by molar-refractivity contribution is 7.49. The van der Waals surface area contributed by atoms with E-state index in [1.165, 1.54) is 149 Å². The predicted molar refractivity (Wildman–Crippen MR) is 288 cm³/mol. The van der Waals surface area contributed by atoms with Crippen LogP contribution in [0, 0.1) is 0 Å². The van der Waals surface area contributed by atoms with Gasteiger partial charge in [0.15, 0.2) is 0 Å². The van der Waals surface area contributed by atoms with Gasteiger partial charge < -0.3 is 13.6 Å². The summed E-state index contributed by atoms with van der Waals surface area (Å²) in [4.78, 5) is 0. The summed E-state index contributed by atoms with van der Waals surface area (Å²) in [7, 11) is -4.27. The average molecular weight is 933 g/mol. The fourth-order valence-electron chi connectivity index (χ4n) is 9.75. The highest BCUT2D eigenvalue weighted by Crippen LogP contribution is 2.50. The molecule has 0 heterocycles. The number of benzene rings is 6. The maximum atomic E-state index is 15.1. The van der Waals surface area contributed by atoms with Gasteiger partial charge in [0.05, 0.1) is 0 Å². The van der Waals surface area contributed by atoms with Crippen LogP contribution in [0.25, 0.3) is 0 Å². The summed E-state index contributed by atoms with van der Waals surface area (Å²) in [5.41, 5.74) is 7.55. The zero-order valence-corrected chi connectivity index (χ0v) is 42.6. The fourth-order valence-corrected chi connectivity index (χ4v) is 11.0. The quantitative estimate of drug-likeness (QED) is 0.0305. The van der Waals surface area contributed by atoms with Crippen molar-refractivity contribution in [1.29, 1.82) is 0 Å². The Morgan fingerprint density at radius 2 is 0.515 bits per heavy atom. The standard InChI is InChI=1S/C63H81O4P/c1-4-7-10-13-16-28-37-61(52-31-22-19-23-32-52)55-40-46-58(47-41-55)65-68(64,66-59-48-42-56(43-49-59)62(53-33-24-20-25-34-53)38-29-17-14-11-8-5-2)67-60-50-44-57(45-51-60)63(54-35-26-21-27-36-54)39-30-18-15-12-9-6-3/h19-27,31-36,40-51,61-63H,4-18,28-30,37-39H2,1-3H3. The Bertz CT molecular complexity index is 2000. The summed E-state index contributed by atoms with van der Waals surface area (Å²) in [5.74, 6) is 2.08. The Morgan fingerprint density at radius 1 is 0.294 bits per heavy atom. The van der Waals surface area contributed by atoms with Gasteiger partial charge in [-0.25, -0.2) is 0 Å². The molecule has 0 saturated heterocycles. The summed E-state index contributed by atoms with van der Waals surface area (Å²) < 4.78 is 34.3. The summed E-state index contributed by atoms with van der Waals surface area (Å²) in [5, 5.41) is 0. The Labute approximate surface area is 411 Å². The van der Waals surface area contributed by atoms with Crippen molar-refractivity contribution in [1.82, 2.24) is 0 Å². The summed E-state index contributed by atoms with van der Waals surface area (Å²) in [6.45, 7) is 6.80. The molecule has 0 aliphatic rings. The van der Waals surface area contributed by atoms with Crippen LogP contribution in [0.1, 0.15) is 207 Å². The molecule has 6 rings (SSSR count). The topological polar surface area (TPSA) is 44.8 Å². The molecular weight excluding hydrogens is 852 g/mol. The Kier molecular flexibility index (Phi) is 22.9. The van der Waals surface area contributed by atoms with E-state index < -0.39 is 7.82 Å². The molecule has 68 heavy (non-hydrogen) atoms. The molecule has 0 spiro atoms. The zero-order valence-electron chi connectivity index (χ0n) is 41.7. The number of phosphoric acid groups is 1. The van der Waals surface area contributed by atoms with Crippen LogP contribution in [-0.4, -0.2) is 0 Å². The second-order valence-corrected chi connectivity index (χ2v) is 20.4. The van der Waals surface area contributed by atoms with Crippen LogP contribution in [0.5, 0.6) is 17.2 Å². The minimum atomic E-state index is -4.27. The van der Waals surface area contributed by atoms with Crippen molar-refractivity contribution in [2.75, 3.05) is 0 Å². The highest BCUT2D eigenvalue weighted by Gasteiger charge is 2.34. The van der Waals surface area contributed by atoms with Gasteiger partial charge in [-0.15, -0.1) is 0 Å². The molecule has 6 aromatic rings. The van der Waals surface area contributed by atoms with Crippen LogP contribution in [0.3, 0.4) is 0 Å². The number of rotatable bonds is 33. The maximum Gasteiger partial charge on any atom is 0.647 e. The first-order chi connectivity index (χ1) is 33.5. The number of hydrogen-bond donors (Lipinski definition) is 0. The third kappa shape index (κ3) is 17.5. The molecule has 0 fully saturated rings. The molecule has 0 amide bonds. The normalized spacial score (nSPS) is 13.6. The first-order valence-corrected chi connectivity index (χ1v) is 28.1. The van der Waals surface area contributed by atoms with Crippen LogP contribution in [0.15, 0.2) is 164 Å². The van der Waals surface area contributed by atoms with E-state index in [4.69, 9.17) is 13.6 Å². The van der Waals surface area contributed by atoms with Crippen LogP contribution in [0.2, 0.25) is 0 Å². The number of hydrogen-bond acceptors (Lipinski definition) is 4. The lowest BCUT2D eigenvalue weighted by Gasteiger charge is -2.22. The molecular formula is C63H81O4P. The molecule has 0 aliphatic carbocycles. The van der Waals surface area contributed by atoms with Gasteiger partial charge in [-0.1, -0.05) is 264 Å². The first-order valence-electron chi connectivity index (χ1n) is 26.6. The predicted octanol–water partition coefficient (Wildman–Crippen LogP) is 20.0. The summed E-state index contributed by atoms with van der Waals surface area (Å²) >= 11 is 0. The van der Waals surface area contributed by atoms with Crippen LogP contribution in [0.4, 0.5) is 0 Å². The smallest absolute Gasteiger partial charge is 0.386 e. The molecule has 4 nitrogen and oxygen atoms in total. The lowest BCUT2D eigenvalue weighted by Crippen LogP contribution is -2.08. The van der Waals surface area contributed by atoms with Gasteiger partial charge in [0.1, 0.15) is 17.2 Å². The third-order valence-corrected chi connectivity index (χ3v) is 14.9. The zero-order chi connectivity index (χ0) is 47.5. The Balaban J connectivity index is 1.23. The van der Waals surface area contributed by atoms with E-state index in [0.717, 1.165) is 19.3 Å². The van der Waals surface area contributed by atoms with Crippen molar-refractivity contribution in [3.05, 3.63) is 197 Å². The van der Waals surface area contributed by atoms with Crippen molar-refractivity contribution >= 4 is 7.82 Å². The molecule has 362 valence electrons. The average Bonchev–Trinajstić information content (AvgIpc) is 3.37. The van der Waals surface area contributed by atoms with Gasteiger partial charge in [0.2, 0.25) is 0 Å². The van der Waals surface area contributed by atoms with Gasteiger partial charge >= 0.3 is 7.82 Å².